The van der Waals surface area contributed by atoms with Crippen LogP contribution in [0.15, 0.2) is 36.4 Å². The van der Waals surface area contributed by atoms with Gasteiger partial charge in [0.05, 0.1) is 0 Å². The van der Waals surface area contributed by atoms with Gasteiger partial charge in [0, 0.05) is 0 Å². The van der Waals surface area contributed by atoms with Gasteiger partial charge in [-0.25, -0.2) is 0 Å². The summed E-state index contributed by atoms with van der Waals surface area (Å²) in [7, 11) is 0. The molecule has 0 saturated carbocycles. The third kappa shape index (κ3) is 7.65. The van der Waals surface area contributed by atoms with Crippen LogP contribution in [-0.2, 0) is 0 Å². The van der Waals surface area contributed by atoms with Gasteiger partial charge in [0.25, 0.3) is 0 Å². The summed E-state index contributed by atoms with van der Waals surface area (Å²) in [6, 6.07) is 11.5. The molecule has 0 spiro atoms. The van der Waals surface area contributed by atoms with Crippen molar-refractivity contribution >= 4 is 17.4 Å². The first kappa shape index (κ1) is 28.6. The van der Waals surface area contributed by atoms with Crippen molar-refractivity contribution in [3.8, 4) is 17.2 Å². The van der Waals surface area contributed by atoms with E-state index in [2.05, 4.69) is 0 Å². The van der Waals surface area contributed by atoms with Gasteiger partial charge in [-0.05, 0) is 79.0 Å². The molecular formula is C27H33AlO3. The number of benzene rings is 3. The molecule has 0 atom stereocenters. The van der Waals surface area contributed by atoms with Gasteiger partial charge in [-0.15, -0.1) is 17.2 Å². The fourth-order valence-corrected chi connectivity index (χ4v) is 2.78. The van der Waals surface area contributed by atoms with Crippen LogP contribution in [0.2, 0.25) is 0 Å². The molecule has 0 saturated heterocycles. The molecule has 31 heavy (non-hydrogen) atoms. The van der Waals surface area contributed by atoms with Gasteiger partial charge in [-0.2, -0.15) is 0 Å². The Labute approximate surface area is 198 Å². The second-order valence-electron chi connectivity index (χ2n) is 7.96. The maximum atomic E-state index is 11.2. The van der Waals surface area contributed by atoms with E-state index in [0.717, 1.165) is 50.1 Å². The van der Waals surface area contributed by atoms with Crippen LogP contribution in [0.3, 0.4) is 0 Å². The van der Waals surface area contributed by atoms with Crippen molar-refractivity contribution in [3.05, 3.63) is 86.5 Å². The molecule has 0 aromatic heterocycles. The Bertz CT molecular complexity index is 811. The zero-order valence-electron chi connectivity index (χ0n) is 20.3. The van der Waals surface area contributed by atoms with Crippen molar-refractivity contribution < 1.29 is 15.3 Å². The molecule has 3 aromatic carbocycles. The molecule has 0 unspecified atom stereocenters. The van der Waals surface area contributed by atoms with Gasteiger partial charge < -0.3 is 15.3 Å². The molecule has 0 radical (unpaired) electrons. The molecule has 3 rings (SSSR count). The van der Waals surface area contributed by atoms with E-state index in [4.69, 9.17) is 0 Å². The minimum absolute atomic E-state index is 0. The molecule has 0 fully saturated rings. The standard InChI is InChI=1S/3C9H12O.Al/c3*1-6-4-5-7(2)9(10)8(6)3;/h3*4-5,10H,1-3H3;/q;;;+3/p-3. The van der Waals surface area contributed by atoms with E-state index < -0.39 is 0 Å². The third-order valence-electron chi connectivity index (χ3n) is 5.62. The van der Waals surface area contributed by atoms with Crippen LogP contribution in [0.4, 0.5) is 0 Å². The van der Waals surface area contributed by atoms with Crippen molar-refractivity contribution in [3.63, 3.8) is 0 Å². The Morgan fingerprint density at radius 1 is 0.355 bits per heavy atom. The molecule has 162 valence electrons. The summed E-state index contributed by atoms with van der Waals surface area (Å²) >= 11 is 0. The summed E-state index contributed by atoms with van der Waals surface area (Å²) in [6.07, 6.45) is 0. The number of rotatable bonds is 0. The van der Waals surface area contributed by atoms with E-state index in [1.54, 1.807) is 0 Å². The summed E-state index contributed by atoms with van der Waals surface area (Å²) in [4.78, 5) is 0. The first-order chi connectivity index (χ1) is 13.9. The van der Waals surface area contributed by atoms with E-state index in [0.29, 0.717) is 0 Å². The minimum Gasteiger partial charge on any atom is -0.872 e. The average Bonchev–Trinajstić information content (AvgIpc) is 2.73. The Hall–Kier alpha value is -2.41. The Morgan fingerprint density at radius 2 is 0.516 bits per heavy atom. The monoisotopic (exact) mass is 432 g/mol. The Balaban J connectivity index is 0.000000429. The second kappa shape index (κ2) is 12.4. The van der Waals surface area contributed by atoms with Crippen LogP contribution in [-0.4, -0.2) is 17.4 Å². The first-order valence-corrected chi connectivity index (χ1v) is 10.1. The van der Waals surface area contributed by atoms with Crippen LogP contribution in [0.5, 0.6) is 17.2 Å². The van der Waals surface area contributed by atoms with Crippen LogP contribution in [0.25, 0.3) is 0 Å². The summed E-state index contributed by atoms with van der Waals surface area (Å²) in [5.41, 5.74) is 8.37. The topological polar surface area (TPSA) is 69.2 Å². The number of hydrogen-bond acceptors (Lipinski definition) is 3. The Morgan fingerprint density at radius 3 is 0.677 bits per heavy atom. The molecule has 3 aromatic rings. The average molecular weight is 433 g/mol. The van der Waals surface area contributed by atoms with Gasteiger partial charge in [0.2, 0.25) is 0 Å². The van der Waals surface area contributed by atoms with E-state index >= 15 is 0 Å². The summed E-state index contributed by atoms with van der Waals surface area (Å²) in [6.45, 7) is 17.0. The van der Waals surface area contributed by atoms with Gasteiger partial charge in [-0.3, -0.25) is 0 Å². The summed E-state index contributed by atoms with van der Waals surface area (Å²) in [5, 5.41) is 33.6. The fourth-order valence-electron chi connectivity index (χ4n) is 2.78. The molecule has 3 nitrogen and oxygen atoms in total. The third-order valence-corrected chi connectivity index (χ3v) is 5.62. The minimum atomic E-state index is 0. The molecule has 4 heteroatoms. The van der Waals surface area contributed by atoms with Crippen molar-refractivity contribution in [1.82, 2.24) is 0 Å². The number of hydrogen-bond donors (Lipinski definition) is 0. The molecule has 0 N–H and O–H groups in total. The van der Waals surface area contributed by atoms with Crippen molar-refractivity contribution in [2.75, 3.05) is 0 Å². The van der Waals surface area contributed by atoms with E-state index in [1.807, 2.05) is 98.7 Å². The smallest absolute Gasteiger partial charge is 0.872 e. The fraction of sp³-hybridized carbons (Fsp3) is 0.333. The molecule has 0 heterocycles. The largest absolute Gasteiger partial charge is 3.00 e. The molecule has 0 aliphatic rings. The van der Waals surface area contributed by atoms with Gasteiger partial charge in [0.15, 0.2) is 0 Å². The zero-order valence-corrected chi connectivity index (χ0v) is 21.4. The summed E-state index contributed by atoms with van der Waals surface area (Å²) < 4.78 is 0. The van der Waals surface area contributed by atoms with Crippen molar-refractivity contribution in [1.29, 1.82) is 0 Å². The molecule has 0 bridgehead atoms. The predicted octanol–water partition coefficient (Wildman–Crippen LogP) is 4.68. The predicted molar refractivity (Wildman–Crippen MR) is 126 cm³/mol. The molecule has 0 aliphatic carbocycles. The maximum absolute atomic E-state index is 11.2. The van der Waals surface area contributed by atoms with Crippen LogP contribution < -0.4 is 15.3 Å². The normalized spacial score (nSPS) is 9.58. The van der Waals surface area contributed by atoms with E-state index in [-0.39, 0.29) is 34.6 Å². The molecular weight excluding hydrogens is 399 g/mol. The van der Waals surface area contributed by atoms with Crippen molar-refractivity contribution in [2.24, 2.45) is 0 Å². The number of aryl methyl sites for hydroxylation is 6. The second-order valence-corrected chi connectivity index (χ2v) is 7.96. The Kier molecular flexibility index (Phi) is 11.5. The maximum Gasteiger partial charge on any atom is 3.00 e. The van der Waals surface area contributed by atoms with Gasteiger partial charge in [-0.1, -0.05) is 69.8 Å². The molecule has 0 aliphatic heterocycles. The van der Waals surface area contributed by atoms with Gasteiger partial charge >= 0.3 is 17.4 Å². The molecule has 0 amide bonds. The van der Waals surface area contributed by atoms with E-state index in [9.17, 15) is 15.3 Å². The van der Waals surface area contributed by atoms with Crippen LogP contribution in [0, 0.1) is 62.3 Å². The quantitative estimate of drug-likeness (QED) is 0.485. The van der Waals surface area contributed by atoms with E-state index in [1.165, 1.54) is 0 Å². The van der Waals surface area contributed by atoms with Gasteiger partial charge in [0.1, 0.15) is 0 Å². The first-order valence-electron chi connectivity index (χ1n) is 10.1. The summed E-state index contributed by atoms with van der Waals surface area (Å²) in [5.74, 6) is 0.542. The zero-order chi connectivity index (χ0) is 23.2. The van der Waals surface area contributed by atoms with Crippen LogP contribution >= 0.6 is 0 Å². The SMILES string of the molecule is Cc1ccc(C)c([O-])c1C.Cc1ccc(C)c([O-])c1C.Cc1ccc(C)c([O-])c1C.[Al+3]. The van der Waals surface area contributed by atoms with Crippen LogP contribution in [0.1, 0.15) is 50.1 Å². The van der Waals surface area contributed by atoms with Crippen molar-refractivity contribution in [2.45, 2.75) is 62.3 Å².